The minimum atomic E-state index is -3.55. The van der Waals surface area contributed by atoms with Crippen LogP contribution in [0.25, 0.3) is 0 Å². The molecule has 146 valence electrons. The summed E-state index contributed by atoms with van der Waals surface area (Å²) in [6.07, 6.45) is 0.847. The van der Waals surface area contributed by atoms with Crippen LogP contribution in [0.2, 0.25) is 0 Å². The van der Waals surface area contributed by atoms with Crippen LogP contribution >= 0.6 is 0 Å². The van der Waals surface area contributed by atoms with Gasteiger partial charge < -0.3 is 5.11 Å². The van der Waals surface area contributed by atoms with Crippen molar-refractivity contribution in [3.63, 3.8) is 0 Å². The summed E-state index contributed by atoms with van der Waals surface area (Å²) in [5.41, 5.74) is 0.682. The van der Waals surface area contributed by atoms with Crippen molar-refractivity contribution in [3.05, 3.63) is 65.5 Å². The summed E-state index contributed by atoms with van der Waals surface area (Å²) in [6.45, 7) is 3.81. The van der Waals surface area contributed by atoms with Crippen LogP contribution in [0.1, 0.15) is 50.3 Å². The third-order valence-electron chi connectivity index (χ3n) is 5.46. The highest BCUT2D eigenvalue weighted by atomic mass is 32.2. The van der Waals surface area contributed by atoms with Gasteiger partial charge in [0.15, 0.2) is 9.84 Å². The smallest absolute Gasteiger partial charge is 0.180 e. The lowest BCUT2D eigenvalue weighted by Crippen LogP contribution is -2.52. The summed E-state index contributed by atoms with van der Waals surface area (Å²) in [6, 6.07) is 12.7. The van der Waals surface area contributed by atoms with Crippen molar-refractivity contribution < 1.29 is 17.9 Å². The van der Waals surface area contributed by atoms with Gasteiger partial charge in [-0.05, 0) is 48.6 Å². The Kier molecular flexibility index (Phi) is 5.70. The third-order valence-corrected chi connectivity index (χ3v) is 7.43. The molecule has 1 aliphatic heterocycles. The standard InChI is InChI=1S/C21H26FNO3S/c1-3-17(24)13-21(4-2)14-27(25,26)19-8-6-5-7-18(19)20(23-21)15-9-11-16(22)12-10-15/h5-12,17,20,23-24H,3-4,13-14H2,1-2H3/t17-,20+,21+/m1/s1. The summed E-state index contributed by atoms with van der Waals surface area (Å²) in [4.78, 5) is 0.299. The highest BCUT2D eigenvalue weighted by Gasteiger charge is 2.42. The van der Waals surface area contributed by atoms with Crippen molar-refractivity contribution in [3.8, 4) is 0 Å². The second-order valence-corrected chi connectivity index (χ2v) is 9.28. The SMILES string of the molecule is CC[C@@H](O)C[C@@]1(CC)CS(=O)(=O)c2ccccc2[C@H](c2ccc(F)cc2)N1. The Morgan fingerprint density at radius 1 is 1.19 bits per heavy atom. The molecule has 0 aromatic heterocycles. The van der Waals surface area contributed by atoms with Crippen LogP contribution in [-0.2, 0) is 9.84 Å². The largest absolute Gasteiger partial charge is 0.393 e. The lowest BCUT2D eigenvalue weighted by Gasteiger charge is -2.37. The quantitative estimate of drug-likeness (QED) is 0.817. The molecule has 0 saturated carbocycles. The maximum absolute atomic E-state index is 13.4. The Bertz CT molecular complexity index is 898. The molecule has 0 saturated heterocycles. The van der Waals surface area contributed by atoms with E-state index in [2.05, 4.69) is 5.32 Å². The maximum Gasteiger partial charge on any atom is 0.180 e. The van der Waals surface area contributed by atoms with Crippen molar-refractivity contribution in [1.82, 2.24) is 5.32 Å². The van der Waals surface area contributed by atoms with Crippen LogP contribution in [0.5, 0.6) is 0 Å². The van der Waals surface area contributed by atoms with Gasteiger partial charge in [-0.3, -0.25) is 5.32 Å². The zero-order chi connectivity index (χ0) is 19.7. The van der Waals surface area contributed by atoms with Gasteiger partial charge in [-0.2, -0.15) is 0 Å². The minimum absolute atomic E-state index is 0.0811. The minimum Gasteiger partial charge on any atom is -0.393 e. The lowest BCUT2D eigenvalue weighted by atomic mass is 9.87. The molecule has 0 amide bonds. The first-order chi connectivity index (χ1) is 12.8. The molecule has 2 aromatic carbocycles. The van der Waals surface area contributed by atoms with E-state index in [1.54, 1.807) is 30.3 Å². The van der Waals surface area contributed by atoms with Gasteiger partial charge in [0.05, 0.1) is 22.8 Å². The molecular weight excluding hydrogens is 365 g/mol. The number of hydrogen-bond acceptors (Lipinski definition) is 4. The third kappa shape index (κ3) is 4.08. The Labute approximate surface area is 160 Å². The predicted molar refractivity (Wildman–Crippen MR) is 104 cm³/mol. The predicted octanol–water partition coefficient (Wildman–Crippen LogP) is 3.60. The van der Waals surface area contributed by atoms with Crippen molar-refractivity contribution in [1.29, 1.82) is 0 Å². The van der Waals surface area contributed by atoms with E-state index in [1.165, 1.54) is 12.1 Å². The van der Waals surface area contributed by atoms with E-state index in [-0.39, 0.29) is 11.6 Å². The van der Waals surface area contributed by atoms with Gasteiger partial charge in [0.1, 0.15) is 5.82 Å². The highest BCUT2D eigenvalue weighted by Crippen LogP contribution is 2.38. The molecule has 27 heavy (non-hydrogen) atoms. The molecule has 2 aromatic rings. The monoisotopic (exact) mass is 391 g/mol. The molecule has 6 heteroatoms. The van der Waals surface area contributed by atoms with E-state index in [1.807, 2.05) is 19.9 Å². The number of sulfone groups is 1. The fraction of sp³-hybridized carbons (Fsp3) is 0.429. The van der Waals surface area contributed by atoms with Gasteiger partial charge >= 0.3 is 0 Å². The molecule has 3 rings (SSSR count). The van der Waals surface area contributed by atoms with Crippen molar-refractivity contribution in [2.24, 2.45) is 0 Å². The molecule has 0 fully saturated rings. The maximum atomic E-state index is 13.4. The number of aliphatic hydroxyl groups excluding tert-OH is 1. The number of benzene rings is 2. The number of hydrogen-bond donors (Lipinski definition) is 2. The number of aliphatic hydroxyl groups is 1. The molecular formula is C21H26FNO3S. The molecule has 0 radical (unpaired) electrons. The fourth-order valence-corrected chi connectivity index (χ4v) is 5.97. The zero-order valence-corrected chi connectivity index (χ0v) is 16.5. The van der Waals surface area contributed by atoms with E-state index in [0.29, 0.717) is 29.7 Å². The summed E-state index contributed by atoms with van der Waals surface area (Å²) < 4.78 is 39.8. The van der Waals surface area contributed by atoms with Gasteiger partial charge in [0.2, 0.25) is 0 Å². The van der Waals surface area contributed by atoms with Gasteiger partial charge in [-0.1, -0.05) is 44.2 Å². The lowest BCUT2D eigenvalue weighted by molar-refractivity contribution is 0.115. The fourth-order valence-electron chi connectivity index (χ4n) is 3.85. The number of nitrogens with one attached hydrogen (secondary N) is 1. The average molecular weight is 392 g/mol. The Morgan fingerprint density at radius 3 is 2.48 bits per heavy atom. The molecule has 0 bridgehead atoms. The number of fused-ring (bicyclic) bond motifs is 1. The molecule has 0 unspecified atom stereocenters. The van der Waals surface area contributed by atoms with E-state index in [4.69, 9.17) is 0 Å². The summed E-state index contributed by atoms with van der Waals surface area (Å²) >= 11 is 0. The molecule has 3 atom stereocenters. The average Bonchev–Trinajstić information content (AvgIpc) is 2.75. The Hall–Kier alpha value is -1.76. The van der Waals surface area contributed by atoms with E-state index >= 15 is 0 Å². The summed E-state index contributed by atoms with van der Waals surface area (Å²) in [5, 5.41) is 13.8. The second kappa shape index (κ2) is 7.70. The van der Waals surface area contributed by atoms with Gasteiger partial charge in [0.25, 0.3) is 0 Å². The normalized spacial score (nSPS) is 25.4. The first-order valence-corrected chi connectivity index (χ1v) is 11.0. The zero-order valence-electron chi connectivity index (χ0n) is 15.7. The topological polar surface area (TPSA) is 66.4 Å². The van der Waals surface area contributed by atoms with Crippen molar-refractivity contribution >= 4 is 9.84 Å². The summed E-state index contributed by atoms with van der Waals surface area (Å²) in [7, 11) is -3.55. The van der Waals surface area contributed by atoms with Gasteiger partial charge in [0, 0.05) is 5.54 Å². The number of halogens is 1. The van der Waals surface area contributed by atoms with Crippen LogP contribution in [0, 0.1) is 5.82 Å². The highest BCUT2D eigenvalue weighted by molar-refractivity contribution is 7.91. The van der Waals surface area contributed by atoms with Crippen molar-refractivity contribution in [2.45, 2.75) is 55.7 Å². The molecule has 1 heterocycles. The first kappa shape index (κ1) is 20.0. The van der Waals surface area contributed by atoms with E-state index < -0.39 is 27.5 Å². The number of rotatable bonds is 5. The second-order valence-electron chi connectivity index (χ2n) is 7.33. The van der Waals surface area contributed by atoms with Crippen LogP contribution in [-0.4, -0.2) is 30.9 Å². The summed E-state index contributed by atoms with van der Waals surface area (Å²) in [5.74, 6) is -0.418. The van der Waals surface area contributed by atoms with E-state index in [0.717, 1.165) is 5.56 Å². The first-order valence-electron chi connectivity index (χ1n) is 9.33. The van der Waals surface area contributed by atoms with Gasteiger partial charge in [-0.15, -0.1) is 0 Å². The van der Waals surface area contributed by atoms with Crippen molar-refractivity contribution in [2.75, 3.05) is 5.75 Å². The van der Waals surface area contributed by atoms with Crippen LogP contribution in [0.15, 0.2) is 53.4 Å². The molecule has 4 nitrogen and oxygen atoms in total. The molecule has 0 spiro atoms. The van der Waals surface area contributed by atoms with Crippen LogP contribution in [0.3, 0.4) is 0 Å². The van der Waals surface area contributed by atoms with Crippen LogP contribution in [0.4, 0.5) is 4.39 Å². The Morgan fingerprint density at radius 2 is 1.85 bits per heavy atom. The van der Waals surface area contributed by atoms with Gasteiger partial charge in [-0.25, -0.2) is 12.8 Å². The Balaban J connectivity index is 2.18. The molecule has 0 aliphatic carbocycles. The van der Waals surface area contributed by atoms with Crippen LogP contribution < -0.4 is 5.32 Å². The van der Waals surface area contributed by atoms with E-state index in [9.17, 15) is 17.9 Å². The molecule has 2 N–H and O–H groups in total. The molecule has 1 aliphatic rings.